The maximum Gasteiger partial charge on any atom is 0.128 e. The lowest BCUT2D eigenvalue weighted by molar-refractivity contribution is 0.302. The van der Waals surface area contributed by atoms with Crippen molar-refractivity contribution in [2.24, 2.45) is 5.92 Å². The number of hydrogen-bond donors (Lipinski definition) is 0. The molecular formula is C25H36N2. The van der Waals surface area contributed by atoms with E-state index in [-0.39, 0.29) is 0 Å². The molecule has 0 aliphatic heterocycles. The van der Waals surface area contributed by atoms with Crippen molar-refractivity contribution in [3.63, 3.8) is 0 Å². The van der Waals surface area contributed by atoms with E-state index in [2.05, 4.69) is 60.5 Å². The van der Waals surface area contributed by atoms with Gasteiger partial charge in [-0.1, -0.05) is 63.8 Å². The quantitative estimate of drug-likeness (QED) is 0.464. The van der Waals surface area contributed by atoms with E-state index in [0.717, 1.165) is 31.0 Å². The summed E-state index contributed by atoms with van der Waals surface area (Å²) in [5, 5.41) is 0. The van der Waals surface area contributed by atoms with Crippen LogP contribution in [0.2, 0.25) is 0 Å². The molecule has 0 unspecified atom stereocenters. The predicted molar refractivity (Wildman–Crippen MR) is 114 cm³/mol. The molecule has 1 fully saturated rings. The monoisotopic (exact) mass is 364 g/mol. The second-order valence-corrected chi connectivity index (χ2v) is 8.32. The molecule has 146 valence electrons. The summed E-state index contributed by atoms with van der Waals surface area (Å²) < 4.78 is 0. The molecule has 1 heterocycles. The third-order valence-corrected chi connectivity index (χ3v) is 6.33. The van der Waals surface area contributed by atoms with Gasteiger partial charge in [0.25, 0.3) is 0 Å². The van der Waals surface area contributed by atoms with E-state index in [1.807, 2.05) is 0 Å². The van der Waals surface area contributed by atoms with Crippen LogP contribution < -0.4 is 0 Å². The first-order chi connectivity index (χ1) is 13.3. The van der Waals surface area contributed by atoms with E-state index in [1.54, 1.807) is 0 Å². The smallest absolute Gasteiger partial charge is 0.128 e. The minimum absolute atomic E-state index is 0.683. The Kier molecular flexibility index (Phi) is 7.86. The van der Waals surface area contributed by atoms with Crippen molar-refractivity contribution in [1.29, 1.82) is 0 Å². The second-order valence-electron chi connectivity index (χ2n) is 8.32. The summed E-state index contributed by atoms with van der Waals surface area (Å²) in [6.07, 6.45) is 18.3. The average molecular weight is 365 g/mol. The Morgan fingerprint density at radius 3 is 2.11 bits per heavy atom. The van der Waals surface area contributed by atoms with Crippen molar-refractivity contribution < 1.29 is 0 Å². The summed E-state index contributed by atoms with van der Waals surface area (Å²) in [7, 11) is 0. The lowest BCUT2D eigenvalue weighted by Crippen LogP contribution is -2.14. The van der Waals surface area contributed by atoms with Crippen molar-refractivity contribution in [2.75, 3.05) is 0 Å². The summed E-state index contributed by atoms with van der Waals surface area (Å²) >= 11 is 0. The van der Waals surface area contributed by atoms with Crippen LogP contribution in [0.1, 0.15) is 93.6 Å². The topological polar surface area (TPSA) is 25.8 Å². The van der Waals surface area contributed by atoms with Gasteiger partial charge >= 0.3 is 0 Å². The molecule has 0 radical (unpaired) electrons. The molecule has 1 saturated carbocycles. The molecule has 3 rings (SSSR count). The SMILES string of the molecule is CCCCC[C@H]1CC[C@H](c2cnc(CCc3ccc(CC)cc3)nc2)CC1. The fraction of sp³-hybridized carbons (Fsp3) is 0.600. The number of benzene rings is 1. The molecule has 1 aromatic carbocycles. The molecule has 0 amide bonds. The Bertz CT molecular complexity index is 652. The highest BCUT2D eigenvalue weighted by atomic mass is 14.9. The summed E-state index contributed by atoms with van der Waals surface area (Å²) in [6.45, 7) is 4.49. The highest BCUT2D eigenvalue weighted by molar-refractivity contribution is 5.23. The normalized spacial score (nSPS) is 19.9. The Morgan fingerprint density at radius 1 is 0.815 bits per heavy atom. The van der Waals surface area contributed by atoms with Crippen LogP contribution in [-0.2, 0) is 19.3 Å². The maximum absolute atomic E-state index is 4.67. The average Bonchev–Trinajstić information content (AvgIpc) is 2.74. The summed E-state index contributed by atoms with van der Waals surface area (Å²) in [5.74, 6) is 2.63. The van der Waals surface area contributed by atoms with Crippen LogP contribution in [0.25, 0.3) is 0 Å². The second kappa shape index (κ2) is 10.6. The van der Waals surface area contributed by atoms with Gasteiger partial charge in [0.15, 0.2) is 0 Å². The largest absolute Gasteiger partial charge is 0.241 e. The third kappa shape index (κ3) is 6.16. The summed E-state index contributed by atoms with van der Waals surface area (Å²) in [5.41, 5.74) is 4.14. The number of nitrogens with zero attached hydrogens (tertiary/aromatic N) is 2. The predicted octanol–water partition coefficient (Wildman–Crippen LogP) is 6.68. The van der Waals surface area contributed by atoms with E-state index in [4.69, 9.17) is 0 Å². The van der Waals surface area contributed by atoms with Gasteiger partial charge in [0, 0.05) is 18.8 Å². The van der Waals surface area contributed by atoms with Gasteiger partial charge in [-0.25, -0.2) is 9.97 Å². The molecule has 1 aromatic heterocycles. The summed E-state index contributed by atoms with van der Waals surface area (Å²) in [6, 6.07) is 8.95. The molecule has 27 heavy (non-hydrogen) atoms. The van der Waals surface area contributed by atoms with Crippen LogP contribution in [0.15, 0.2) is 36.7 Å². The summed E-state index contributed by atoms with van der Waals surface area (Å²) in [4.78, 5) is 9.34. The van der Waals surface area contributed by atoms with Crippen molar-refractivity contribution in [1.82, 2.24) is 9.97 Å². The van der Waals surface area contributed by atoms with Crippen LogP contribution >= 0.6 is 0 Å². The number of aryl methyl sites for hydroxylation is 3. The van der Waals surface area contributed by atoms with Gasteiger partial charge in [-0.15, -0.1) is 0 Å². The molecule has 2 heteroatoms. The van der Waals surface area contributed by atoms with Crippen molar-refractivity contribution >= 4 is 0 Å². The van der Waals surface area contributed by atoms with Crippen LogP contribution in [0.4, 0.5) is 0 Å². The van der Waals surface area contributed by atoms with Gasteiger partial charge in [-0.3, -0.25) is 0 Å². The molecular weight excluding hydrogens is 328 g/mol. The molecule has 0 N–H and O–H groups in total. The maximum atomic E-state index is 4.67. The molecule has 0 saturated heterocycles. The first-order valence-corrected chi connectivity index (χ1v) is 11.2. The zero-order valence-corrected chi connectivity index (χ0v) is 17.3. The van der Waals surface area contributed by atoms with Gasteiger partial charge in [0.05, 0.1) is 0 Å². The van der Waals surface area contributed by atoms with Crippen LogP contribution in [0, 0.1) is 5.92 Å². The zero-order valence-electron chi connectivity index (χ0n) is 17.3. The van der Waals surface area contributed by atoms with Gasteiger partial charge in [0.2, 0.25) is 0 Å². The zero-order chi connectivity index (χ0) is 18.9. The van der Waals surface area contributed by atoms with Gasteiger partial charge in [0.1, 0.15) is 5.82 Å². The standard InChI is InChI=1S/C25H36N2/c1-3-5-6-7-21-12-15-23(16-13-21)24-18-26-25(27-19-24)17-14-22-10-8-20(4-2)9-11-22/h8-11,18-19,21,23H,3-7,12-17H2,1-2H3/t21-,23-. The van der Waals surface area contributed by atoms with E-state index in [0.29, 0.717) is 5.92 Å². The van der Waals surface area contributed by atoms with Crippen LogP contribution in [0.5, 0.6) is 0 Å². The number of hydrogen-bond acceptors (Lipinski definition) is 2. The molecule has 2 nitrogen and oxygen atoms in total. The molecule has 1 aliphatic carbocycles. The van der Waals surface area contributed by atoms with E-state index < -0.39 is 0 Å². The van der Waals surface area contributed by atoms with Crippen molar-refractivity contribution in [2.45, 2.75) is 90.4 Å². The Labute approximate surface area is 165 Å². The number of rotatable bonds is 9. The van der Waals surface area contributed by atoms with Gasteiger partial charge < -0.3 is 0 Å². The molecule has 0 bridgehead atoms. The lowest BCUT2D eigenvalue weighted by atomic mass is 9.77. The number of aromatic nitrogens is 2. The highest BCUT2D eigenvalue weighted by Gasteiger charge is 2.22. The molecule has 2 aromatic rings. The van der Waals surface area contributed by atoms with Crippen molar-refractivity contribution in [3.05, 3.63) is 59.2 Å². The minimum Gasteiger partial charge on any atom is -0.241 e. The third-order valence-electron chi connectivity index (χ3n) is 6.33. The first-order valence-electron chi connectivity index (χ1n) is 11.2. The first kappa shape index (κ1) is 20.0. The van der Waals surface area contributed by atoms with Crippen molar-refractivity contribution in [3.8, 4) is 0 Å². The molecule has 0 atom stereocenters. The van der Waals surface area contributed by atoms with E-state index in [1.165, 1.54) is 68.1 Å². The Hall–Kier alpha value is -1.70. The highest BCUT2D eigenvalue weighted by Crippen LogP contribution is 2.37. The lowest BCUT2D eigenvalue weighted by Gasteiger charge is -2.28. The van der Waals surface area contributed by atoms with Gasteiger partial charge in [-0.05, 0) is 67.1 Å². The van der Waals surface area contributed by atoms with Crippen LogP contribution in [-0.4, -0.2) is 9.97 Å². The Balaban J connectivity index is 1.44. The van der Waals surface area contributed by atoms with Gasteiger partial charge in [-0.2, -0.15) is 0 Å². The van der Waals surface area contributed by atoms with Crippen LogP contribution in [0.3, 0.4) is 0 Å². The van der Waals surface area contributed by atoms with E-state index in [9.17, 15) is 0 Å². The van der Waals surface area contributed by atoms with E-state index >= 15 is 0 Å². The fourth-order valence-electron chi connectivity index (χ4n) is 4.37. The fourth-order valence-corrected chi connectivity index (χ4v) is 4.37. The minimum atomic E-state index is 0.683. The molecule has 1 aliphatic rings. The molecule has 0 spiro atoms. The Morgan fingerprint density at radius 2 is 1.48 bits per heavy atom. The number of unbranched alkanes of at least 4 members (excludes halogenated alkanes) is 2.